The van der Waals surface area contributed by atoms with E-state index in [9.17, 15) is 14.4 Å². The van der Waals surface area contributed by atoms with Crippen LogP contribution in [0.3, 0.4) is 0 Å². The second-order valence-corrected chi connectivity index (χ2v) is 7.59. The number of amides is 3. The van der Waals surface area contributed by atoms with Gasteiger partial charge in [0.05, 0.1) is 17.3 Å². The van der Waals surface area contributed by atoms with Gasteiger partial charge in [0.1, 0.15) is 13.2 Å². The number of cyclic esters (lactones) is 1. The molecule has 1 atom stereocenters. The molecule has 2 aromatic carbocycles. The van der Waals surface area contributed by atoms with Crippen LogP contribution in [0.4, 0.5) is 4.79 Å². The Balaban J connectivity index is 1.52. The highest BCUT2D eigenvalue weighted by Gasteiger charge is 2.42. The molecule has 0 saturated heterocycles. The molecule has 0 aromatic heterocycles. The SMILES string of the molecule is Cc1ccc([C@H]2NC(=O)N(CC(=O)NCc3ccccc3Cl)C3=C2C(=O)OC3)cc1. The van der Waals surface area contributed by atoms with Gasteiger partial charge in [-0.1, -0.05) is 59.6 Å². The summed E-state index contributed by atoms with van der Waals surface area (Å²) < 4.78 is 5.18. The monoisotopic (exact) mass is 425 g/mol. The Bertz CT molecular complexity index is 1050. The van der Waals surface area contributed by atoms with Gasteiger partial charge in [0.15, 0.2) is 0 Å². The molecule has 0 aliphatic carbocycles. The van der Waals surface area contributed by atoms with Gasteiger partial charge in [0, 0.05) is 11.6 Å². The first kappa shape index (κ1) is 20.0. The molecular weight excluding hydrogens is 406 g/mol. The van der Waals surface area contributed by atoms with Gasteiger partial charge in [-0.25, -0.2) is 9.59 Å². The molecule has 0 radical (unpaired) electrons. The van der Waals surface area contributed by atoms with Gasteiger partial charge in [-0.2, -0.15) is 0 Å². The lowest BCUT2D eigenvalue weighted by atomic mass is 9.95. The third-order valence-corrected chi connectivity index (χ3v) is 5.51. The molecule has 154 valence electrons. The Labute approximate surface area is 178 Å². The number of carbonyl (C=O) groups excluding carboxylic acids is 3. The van der Waals surface area contributed by atoms with Crippen molar-refractivity contribution in [1.29, 1.82) is 0 Å². The summed E-state index contributed by atoms with van der Waals surface area (Å²) in [5.74, 6) is -0.859. The van der Waals surface area contributed by atoms with E-state index in [2.05, 4.69) is 10.6 Å². The van der Waals surface area contributed by atoms with Gasteiger partial charge in [0.25, 0.3) is 0 Å². The summed E-state index contributed by atoms with van der Waals surface area (Å²) in [6, 6.07) is 13.7. The summed E-state index contributed by atoms with van der Waals surface area (Å²) in [6.07, 6.45) is 0. The lowest BCUT2D eigenvalue weighted by molar-refractivity contribution is -0.136. The highest BCUT2D eigenvalue weighted by atomic mass is 35.5. The molecule has 0 bridgehead atoms. The summed E-state index contributed by atoms with van der Waals surface area (Å²) >= 11 is 6.11. The number of halogens is 1. The first-order valence-electron chi connectivity index (χ1n) is 9.49. The minimum absolute atomic E-state index is 0.0399. The molecule has 7 nitrogen and oxygen atoms in total. The van der Waals surface area contributed by atoms with E-state index in [1.165, 1.54) is 4.90 Å². The van der Waals surface area contributed by atoms with E-state index in [1.807, 2.05) is 43.3 Å². The third-order valence-electron chi connectivity index (χ3n) is 5.14. The maximum absolute atomic E-state index is 12.8. The fourth-order valence-electron chi connectivity index (χ4n) is 3.52. The van der Waals surface area contributed by atoms with Crippen molar-refractivity contribution in [2.24, 2.45) is 0 Å². The van der Waals surface area contributed by atoms with Crippen molar-refractivity contribution >= 4 is 29.5 Å². The third kappa shape index (κ3) is 3.89. The molecule has 2 N–H and O–H groups in total. The van der Waals surface area contributed by atoms with E-state index >= 15 is 0 Å². The number of nitrogens with one attached hydrogen (secondary N) is 2. The number of nitrogens with zero attached hydrogens (tertiary/aromatic N) is 1. The molecular formula is C22H20ClN3O4. The second-order valence-electron chi connectivity index (χ2n) is 7.18. The van der Waals surface area contributed by atoms with Crippen LogP contribution >= 0.6 is 11.6 Å². The predicted molar refractivity (Wildman–Crippen MR) is 110 cm³/mol. The zero-order chi connectivity index (χ0) is 21.3. The summed E-state index contributed by atoms with van der Waals surface area (Å²) in [5.41, 5.74) is 3.40. The number of aryl methyl sites for hydroxylation is 1. The van der Waals surface area contributed by atoms with E-state index in [-0.39, 0.29) is 25.6 Å². The van der Waals surface area contributed by atoms with E-state index in [0.717, 1.165) is 16.7 Å². The van der Waals surface area contributed by atoms with Crippen molar-refractivity contribution in [1.82, 2.24) is 15.5 Å². The fourth-order valence-corrected chi connectivity index (χ4v) is 3.72. The number of esters is 1. The Kier molecular flexibility index (Phi) is 5.46. The van der Waals surface area contributed by atoms with E-state index in [0.29, 0.717) is 16.3 Å². The van der Waals surface area contributed by atoms with Crippen LogP contribution in [-0.4, -0.2) is 36.0 Å². The Hall–Kier alpha value is -3.32. The van der Waals surface area contributed by atoms with E-state index < -0.39 is 18.0 Å². The quantitative estimate of drug-likeness (QED) is 0.721. The van der Waals surface area contributed by atoms with Gasteiger partial charge < -0.3 is 15.4 Å². The molecule has 4 rings (SSSR count). The maximum atomic E-state index is 12.8. The van der Waals surface area contributed by atoms with Crippen LogP contribution in [0.5, 0.6) is 0 Å². The van der Waals surface area contributed by atoms with Crippen LogP contribution in [0.25, 0.3) is 0 Å². The van der Waals surface area contributed by atoms with Gasteiger partial charge >= 0.3 is 12.0 Å². The van der Waals surface area contributed by atoms with Crippen molar-refractivity contribution in [2.75, 3.05) is 13.2 Å². The lowest BCUT2D eigenvalue weighted by Crippen LogP contribution is -2.50. The zero-order valence-electron chi connectivity index (χ0n) is 16.3. The summed E-state index contributed by atoms with van der Waals surface area (Å²) in [5, 5.41) is 6.12. The number of hydrogen-bond acceptors (Lipinski definition) is 4. The summed E-state index contributed by atoms with van der Waals surface area (Å²) in [4.78, 5) is 38.9. The number of benzene rings is 2. The summed E-state index contributed by atoms with van der Waals surface area (Å²) in [6.45, 7) is 1.93. The summed E-state index contributed by atoms with van der Waals surface area (Å²) in [7, 11) is 0. The predicted octanol–water partition coefficient (Wildman–Crippen LogP) is 2.84. The maximum Gasteiger partial charge on any atom is 0.338 e. The van der Waals surface area contributed by atoms with Crippen LogP contribution in [0.1, 0.15) is 22.7 Å². The van der Waals surface area contributed by atoms with Crippen molar-refractivity contribution in [3.63, 3.8) is 0 Å². The molecule has 0 saturated carbocycles. The van der Waals surface area contributed by atoms with Gasteiger partial charge in [0.2, 0.25) is 5.91 Å². The minimum Gasteiger partial charge on any atom is -0.456 e. The van der Waals surface area contributed by atoms with Crippen LogP contribution in [0.15, 0.2) is 59.8 Å². The first-order valence-corrected chi connectivity index (χ1v) is 9.86. The number of carbonyl (C=O) groups is 3. The average molecular weight is 426 g/mol. The van der Waals surface area contributed by atoms with Crippen molar-refractivity contribution in [2.45, 2.75) is 19.5 Å². The Morgan fingerprint density at radius 2 is 1.93 bits per heavy atom. The number of hydrogen-bond donors (Lipinski definition) is 2. The van der Waals surface area contributed by atoms with Gasteiger partial charge in [-0.15, -0.1) is 0 Å². The molecule has 2 aromatic rings. The zero-order valence-corrected chi connectivity index (χ0v) is 17.0. The van der Waals surface area contributed by atoms with Crippen molar-refractivity contribution in [3.8, 4) is 0 Å². The molecule has 2 aliphatic rings. The van der Waals surface area contributed by atoms with Crippen molar-refractivity contribution < 1.29 is 19.1 Å². The average Bonchev–Trinajstić information content (AvgIpc) is 3.11. The molecule has 3 amide bonds. The molecule has 0 fully saturated rings. The standard InChI is InChI=1S/C22H20ClN3O4/c1-13-6-8-14(9-7-13)20-19-17(12-30-21(19)28)26(22(29)25-20)11-18(27)24-10-15-4-2-3-5-16(15)23/h2-9,20H,10-12H2,1H3,(H,24,27)(H,25,29)/t20-/m1/s1. The second kappa shape index (κ2) is 8.20. The molecule has 0 spiro atoms. The van der Waals surface area contributed by atoms with Gasteiger partial charge in [-0.3, -0.25) is 9.69 Å². The minimum atomic E-state index is -0.606. The first-order chi connectivity index (χ1) is 14.4. The van der Waals surface area contributed by atoms with E-state index in [1.54, 1.807) is 12.1 Å². The normalized spacial score (nSPS) is 18.1. The molecule has 0 unspecified atom stereocenters. The number of rotatable bonds is 5. The van der Waals surface area contributed by atoms with Crippen molar-refractivity contribution in [3.05, 3.63) is 81.5 Å². The van der Waals surface area contributed by atoms with Crippen LogP contribution in [-0.2, 0) is 20.9 Å². The van der Waals surface area contributed by atoms with E-state index in [4.69, 9.17) is 16.3 Å². The largest absolute Gasteiger partial charge is 0.456 e. The fraction of sp³-hybridized carbons (Fsp3) is 0.227. The van der Waals surface area contributed by atoms with Crippen LogP contribution in [0, 0.1) is 6.92 Å². The van der Waals surface area contributed by atoms with Crippen LogP contribution < -0.4 is 10.6 Å². The molecule has 2 heterocycles. The lowest BCUT2D eigenvalue weighted by Gasteiger charge is -2.32. The topological polar surface area (TPSA) is 87.7 Å². The highest BCUT2D eigenvalue weighted by molar-refractivity contribution is 6.31. The van der Waals surface area contributed by atoms with Crippen LogP contribution in [0.2, 0.25) is 5.02 Å². The Morgan fingerprint density at radius 3 is 2.67 bits per heavy atom. The number of urea groups is 1. The Morgan fingerprint density at radius 1 is 1.20 bits per heavy atom. The number of ether oxygens (including phenoxy) is 1. The highest BCUT2D eigenvalue weighted by Crippen LogP contribution is 2.34. The molecule has 8 heteroatoms. The molecule has 2 aliphatic heterocycles. The van der Waals surface area contributed by atoms with Gasteiger partial charge in [-0.05, 0) is 24.1 Å². The molecule has 30 heavy (non-hydrogen) atoms. The smallest absolute Gasteiger partial charge is 0.338 e.